The predicted molar refractivity (Wildman–Crippen MR) is 57.3 cm³/mol. The van der Waals surface area contributed by atoms with Crippen LogP contribution in [-0.2, 0) is 18.4 Å². The van der Waals surface area contributed by atoms with E-state index < -0.39 is 0 Å². The van der Waals surface area contributed by atoms with E-state index in [0.29, 0.717) is 24.7 Å². The summed E-state index contributed by atoms with van der Waals surface area (Å²) in [4.78, 5) is 17.9. The lowest BCUT2D eigenvalue weighted by atomic mass is 10.0. The number of piperidine rings is 1. The van der Waals surface area contributed by atoms with Crippen molar-refractivity contribution in [3.63, 3.8) is 0 Å². The number of likely N-dealkylation sites (tertiary alicyclic amines) is 1. The molecule has 1 atom stereocenters. The van der Waals surface area contributed by atoms with Crippen molar-refractivity contribution in [2.45, 2.75) is 32.4 Å². The number of carbonyl (C=O) groups is 1. The molecular formula is C11H17N3O. The van der Waals surface area contributed by atoms with Gasteiger partial charge in [0.15, 0.2) is 0 Å². The van der Waals surface area contributed by atoms with E-state index in [9.17, 15) is 4.79 Å². The predicted octanol–water partition coefficient (Wildman–Crippen LogP) is 0.973. The van der Waals surface area contributed by atoms with Gasteiger partial charge in [0, 0.05) is 44.9 Å². The van der Waals surface area contributed by atoms with Crippen molar-refractivity contribution in [1.29, 1.82) is 0 Å². The van der Waals surface area contributed by atoms with Crippen LogP contribution in [-0.4, -0.2) is 32.8 Å². The van der Waals surface area contributed by atoms with Crippen molar-refractivity contribution in [2.24, 2.45) is 7.05 Å². The first-order valence-electron chi connectivity index (χ1n) is 5.39. The van der Waals surface area contributed by atoms with Gasteiger partial charge >= 0.3 is 0 Å². The van der Waals surface area contributed by atoms with Crippen molar-refractivity contribution in [3.05, 3.63) is 18.2 Å². The van der Waals surface area contributed by atoms with Crippen LogP contribution in [0, 0.1) is 0 Å². The quantitative estimate of drug-likeness (QED) is 0.725. The highest BCUT2D eigenvalue weighted by molar-refractivity contribution is 5.79. The van der Waals surface area contributed by atoms with Gasteiger partial charge in [0.25, 0.3) is 0 Å². The molecule has 1 aromatic heterocycles. The maximum absolute atomic E-state index is 11.2. The fourth-order valence-corrected chi connectivity index (χ4v) is 2.01. The molecule has 1 aromatic rings. The molecular weight excluding hydrogens is 190 g/mol. The number of rotatable bonds is 2. The monoisotopic (exact) mass is 207 g/mol. The number of nitrogens with zero attached hydrogens (tertiary/aromatic N) is 3. The summed E-state index contributed by atoms with van der Waals surface area (Å²) < 4.78 is 2.03. The average molecular weight is 207 g/mol. The molecule has 0 radical (unpaired) electrons. The molecule has 1 aliphatic heterocycles. The van der Waals surface area contributed by atoms with Crippen molar-refractivity contribution < 1.29 is 4.79 Å². The van der Waals surface area contributed by atoms with Gasteiger partial charge in [-0.15, -0.1) is 0 Å². The van der Waals surface area contributed by atoms with Gasteiger partial charge in [-0.05, 0) is 6.92 Å². The summed E-state index contributed by atoms with van der Waals surface area (Å²) in [6.45, 7) is 3.82. The van der Waals surface area contributed by atoms with Gasteiger partial charge in [0.1, 0.15) is 11.6 Å². The van der Waals surface area contributed by atoms with E-state index in [1.165, 1.54) is 0 Å². The molecule has 2 rings (SSSR count). The molecule has 1 aliphatic rings. The van der Waals surface area contributed by atoms with E-state index in [1.807, 2.05) is 24.0 Å². The second-order valence-corrected chi connectivity index (χ2v) is 4.27. The molecule has 4 heteroatoms. The van der Waals surface area contributed by atoms with E-state index in [0.717, 1.165) is 18.9 Å². The second-order valence-electron chi connectivity index (χ2n) is 4.27. The normalized spacial score (nSPS) is 23.3. The van der Waals surface area contributed by atoms with Gasteiger partial charge < -0.3 is 4.57 Å². The molecule has 0 aromatic carbocycles. The maximum Gasteiger partial charge on any atom is 0.135 e. The Labute approximate surface area is 89.9 Å². The van der Waals surface area contributed by atoms with Crippen LogP contribution in [0.4, 0.5) is 0 Å². The summed E-state index contributed by atoms with van der Waals surface area (Å²) in [5.41, 5.74) is 0. The molecule has 15 heavy (non-hydrogen) atoms. The summed E-state index contributed by atoms with van der Waals surface area (Å²) in [5.74, 6) is 1.45. The van der Waals surface area contributed by atoms with Gasteiger partial charge in [-0.3, -0.25) is 9.69 Å². The first-order chi connectivity index (χ1) is 7.16. The minimum absolute atomic E-state index is 0.350. The van der Waals surface area contributed by atoms with Crippen molar-refractivity contribution in [2.75, 3.05) is 6.54 Å². The minimum atomic E-state index is 0.350. The topological polar surface area (TPSA) is 38.1 Å². The fourth-order valence-electron chi connectivity index (χ4n) is 2.01. The van der Waals surface area contributed by atoms with Crippen molar-refractivity contribution in [3.8, 4) is 0 Å². The number of Topliss-reactive ketones (excluding diaryl/α,β-unsaturated/α-hetero) is 1. The highest BCUT2D eigenvalue weighted by Gasteiger charge is 2.24. The maximum atomic E-state index is 11.2. The van der Waals surface area contributed by atoms with E-state index in [-0.39, 0.29) is 0 Å². The molecule has 0 saturated carbocycles. The summed E-state index contributed by atoms with van der Waals surface area (Å²) in [6.07, 6.45) is 5.14. The van der Waals surface area contributed by atoms with Crippen LogP contribution >= 0.6 is 0 Å². The number of imidazole rings is 1. The van der Waals surface area contributed by atoms with Crippen LogP contribution in [0.5, 0.6) is 0 Å². The Morgan fingerprint density at radius 1 is 1.60 bits per heavy atom. The molecule has 0 aliphatic carbocycles. The average Bonchev–Trinajstić information content (AvgIpc) is 2.57. The van der Waals surface area contributed by atoms with Crippen molar-refractivity contribution >= 4 is 5.78 Å². The number of carbonyl (C=O) groups excluding carboxylic acids is 1. The smallest absolute Gasteiger partial charge is 0.135 e. The third kappa shape index (κ3) is 2.26. The van der Waals surface area contributed by atoms with Crippen molar-refractivity contribution in [1.82, 2.24) is 14.5 Å². The molecule has 0 bridgehead atoms. The first-order valence-corrected chi connectivity index (χ1v) is 5.39. The summed E-state index contributed by atoms with van der Waals surface area (Å²) >= 11 is 0. The highest BCUT2D eigenvalue weighted by Crippen LogP contribution is 2.16. The van der Waals surface area contributed by atoms with E-state index in [4.69, 9.17) is 0 Å². The Hall–Kier alpha value is -1.16. The lowest BCUT2D eigenvalue weighted by Crippen LogP contribution is -2.40. The molecule has 0 spiro atoms. The lowest BCUT2D eigenvalue weighted by Gasteiger charge is -2.32. The molecule has 2 heterocycles. The SMILES string of the molecule is CC1CC(=O)CCN1Cc1nccn1C. The van der Waals surface area contributed by atoms with E-state index in [1.54, 1.807) is 0 Å². The molecule has 1 fully saturated rings. The van der Waals surface area contributed by atoms with E-state index >= 15 is 0 Å². The number of hydrogen-bond acceptors (Lipinski definition) is 3. The van der Waals surface area contributed by atoms with Crippen LogP contribution in [0.1, 0.15) is 25.6 Å². The van der Waals surface area contributed by atoms with Gasteiger partial charge in [-0.25, -0.2) is 4.98 Å². The molecule has 1 saturated heterocycles. The molecule has 0 amide bonds. The van der Waals surface area contributed by atoms with E-state index in [2.05, 4.69) is 16.8 Å². The zero-order valence-electron chi connectivity index (χ0n) is 9.31. The Morgan fingerprint density at radius 2 is 2.40 bits per heavy atom. The van der Waals surface area contributed by atoms with Gasteiger partial charge in [0.05, 0.1) is 6.54 Å². The van der Waals surface area contributed by atoms with Crippen LogP contribution in [0.3, 0.4) is 0 Å². The number of aromatic nitrogens is 2. The summed E-state index contributed by atoms with van der Waals surface area (Å²) in [7, 11) is 2.00. The minimum Gasteiger partial charge on any atom is -0.337 e. The van der Waals surface area contributed by atoms with Crippen LogP contribution in [0.15, 0.2) is 12.4 Å². The third-order valence-corrected chi connectivity index (χ3v) is 3.09. The van der Waals surface area contributed by atoms with Crippen LogP contribution in [0.25, 0.3) is 0 Å². The van der Waals surface area contributed by atoms with Gasteiger partial charge in [0.2, 0.25) is 0 Å². The van der Waals surface area contributed by atoms with Gasteiger partial charge in [-0.2, -0.15) is 0 Å². The zero-order valence-corrected chi connectivity index (χ0v) is 9.31. The highest BCUT2D eigenvalue weighted by atomic mass is 16.1. The zero-order chi connectivity index (χ0) is 10.8. The fraction of sp³-hybridized carbons (Fsp3) is 0.636. The molecule has 4 nitrogen and oxygen atoms in total. The number of ketones is 1. The largest absolute Gasteiger partial charge is 0.337 e. The van der Waals surface area contributed by atoms with Gasteiger partial charge in [-0.1, -0.05) is 0 Å². The molecule has 0 N–H and O–H groups in total. The number of aryl methyl sites for hydroxylation is 1. The second kappa shape index (κ2) is 4.14. The Balaban J connectivity index is 2.00. The Morgan fingerprint density at radius 3 is 3.00 bits per heavy atom. The molecule has 82 valence electrons. The summed E-state index contributed by atoms with van der Waals surface area (Å²) in [5, 5.41) is 0. The Bertz CT molecular complexity index is 358. The molecule has 1 unspecified atom stereocenters. The van der Waals surface area contributed by atoms with Crippen LogP contribution in [0.2, 0.25) is 0 Å². The first kappa shape index (κ1) is 10.4. The van der Waals surface area contributed by atoms with Crippen LogP contribution < -0.4 is 0 Å². The Kier molecular flexibility index (Phi) is 2.86. The number of hydrogen-bond donors (Lipinski definition) is 0. The lowest BCUT2D eigenvalue weighted by molar-refractivity contribution is -0.123. The third-order valence-electron chi connectivity index (χ3n) is 3.09. The standard InChI is InChI=1S/C11H17N3O/c1-9-7-10(15)3-5-14(9)8-11-12-4-6-13(11)2/h4,6,9H,3,5,7-8H2,1-2H3. The summed E-state index contributed by atoms with van der Waals surface area (Å²) in [6, 6.07) is 0.350.